The first kappa shape index (κ1) is 42.8. The van der Waals surface area contributed by atoms with Gasteiger partial charge in [-0.25, -0.2) is 9.97 Å². The summed E-state index contributed by atoms with van der Waals surface area (Å²) in [5.41, 5.74) is 11.7. The van der Waals surface area contributed by atoms with E-state index in [0.717, 1.165) is 57.7 Å². The van der Waals surface area contributed by atoms with Crippen LogP contribution in [0.1, 0.15) is 112 Å². The Morgan fingerprint density at radius 1 is 0.679 bits per heavy atom. The summed E-state index contributed by atoms with van der Waals surface area (Å²) in [7, 11) is 0. The molecule has 0 aliphatic carbocycles. The van der Waals surface area contributed by atoms with Gasteiger partial charge in [0.1, 0.15) is 0 Å². The lowest BCUT2D eigenvalue weighted by molar-refractivity contribution is -0.137. The second-order valence-electron chi connectivity index (χ2n) is 12.9. The number of aliphatic hydroxyl groups excluding tert-OH is 4. The van der Waals surface area contributed by atoms with Gasteiger partial charge in [0.25, 0.3) is 0 Å². The van der Waals surface area contributed by atoms with Gasteiger partial charge in [-0.05, 0) is 126 Å². The highest BCUT2D eigenvalue weighted by atomic mass is 16.5. The summed E-state index contributed by atoms with van der Waals surface area (Å²) < 4.78 is 4.83. The van der Waals surface area contributed by atoms with Crippen LogP contribution in [0.2, 0.25) is 0 Å². The van der Waals surface area contributed by atoms with Crippen LogP contribution >= 0.6 is 0 Å². The Morgan fingerprint density at radius 2 is 1.17 bits per heavy atom. The lowest BCUT2D eigenvalue weighted by Gasteiger charge is -2.07. The van der Waals surface area contributed by atoms with E-state index in [1.165, 1.54) is 0 Å². The molecule has 3 aromatic rings. The fourth-order valence-electron chi connectivity index (χ4n) is 6.52. The van der Waals surface area contributed by atoms with Gasteiger partial charge in [-0.15, -0.1) is 0 Å². The maximum absolute atomic E-state index is 11.6. The van der Waals surface area contributed by atoms with Crippen molar-refractivity contribution in [2.45, 2.75) is 93.3 Å². The Balaban J connectivity index is 0.000000753. The first-order chi connectivity index (χ1) is 25.1. The van der Waals surface area contributed by atoms with Crippen molar-refractivity contribution in [1.82, 2.24) is 19.9 Å². The van der Waals surface area contributed by atoms with Gasteiger partial charge < -0.3 is 45.3 Å². The Kier molecular flexibility index (Phi) is 15.7. The zero-order valence-electron chi connectivity index (χ0n) is 31.9. The largest absolute Gasteiger partial charge is 0.481 e. The molecular weight excluding hydrogens is 680 g/mol. The number of allylic oxidation sites excluding steroid dienone is 3. The number of aromatic nitrogens is 4. The lowest BCUT2D eigenvalue weighted by Crippen LogP contribution is -2.02. The predicted molar refractivity (Wildman–Crippen MR) is 207 cm³/mol. The summed E-state index contributed by atoms with van der Waals surface area (Å²) in [5.74, 6) is -1.83. The number of fused-ring (bicyclic) bond motifs is 8. The summed E-state index contributed by atoms with van der Waals surface area (Å²) in [6, 6.07) is 7.51. The molecule has 8 N–H and O–H groups in total. The van der Waals surface area contributed by atoms with Gasteiger partial charge in [-0.1, -0.05) is 0 Å². The number of hydrogen-bond acceptors (Lipinski definition) is 9. The molecule has 13 nitrogen and oxygen atoms in total. The van der Waals surface area contributed by atoms with Crippen LogP contribution in [0.15, 0.2) is 24.3 Å². The fraction of sp³-hybridized carbons (Fsp3) is 0.450. The SMILES string of the molecule is CC1=C(CCC(=O)O)c2cc3[nH]c(cc4nc(cc5[nH]c(cc1n2)c(C(C)O)c5C)C(C(C)O)=C4C)c(C)c3CCC(=O)O.CCOCC.OCCO. The molecule has 0 aromatic carbocycles. The van der Waals surface area contributed by atoms with Gasteiger partial charge in [0.2, 0.25) is 0 Å². The average molecular weight is 735 g/mol. The topological polar surface area (TPSA) is 222 Å². The van der Waals surface area contributed by atoms with E-state index in [2.05, 4.69) is 9.97 Å². The molecule has 2 aliphatic heterocycles. The third-order valence-electron chi connectivity index (χ3n) is 9.16. The highest BCUT2D eigenvalue weighted by Crippen LogP contribution is 2.37. The summed E-state index contributed by atoms with van der Waals surface area (Å²) in [4.78, 5) is 39.8. The highest BCUT2D eigenvalue weighted by molar-refractivity contribution is 5.96. The van der Waals surface area contributed by atoms with E-state index < -0.39 is 24.1 Å². The minimum atomic E-state index is -0.917. The van der Waals surface area contributed by atoms with E-state index in [9.17, 15) is 30.0 Å². The summed E-state index contributed by atoms with van der Waals surface area (Å²) in [6.45, 7) is 16.5. The van der Waals surface area contributed by atoms with E-state index in [1.807, 2.05) is 65.8 Å². The molecule has 3 aromatic heterocycles. The second kappa shape index (κ2) is 19.4. The standard InChI is InChI=1S/C34H38N4O6.C4H10O.C2H6O2/c1-15-21(7-9-31(41)42)27-14-28-22(8-10-32(43)44)16(2)24(36-28)12-29-34(20(6)40)18(4)26(38-29)13-30-33(19(5)39)17(3)25(37-30)11-23(15)35-27;1-3-5-4-2;3-1-2-4/h11-14,19-20,35,38-40H,7-10H2,1-6H3,(H,41,42)(H,43,44);3-4H2,1-2H3;3-4H,1-2H2. The zero-order valence-corrected chi connectivity index (χ0v) is 31.9. The van der Waals surface area contributed by atoms with Crippen LogP contribution in [0.3, 0.4) is 0 Å². The maximum atomic E-state index is 11.6. The molecule has 2 unspecified atom stereocenters. The van der Waals surface area contributed by atoms with Crippen LogP contribution in [0.5, 0.6) is 0 Å². The Bertz CT molecular complexity index is 2020. The average Bonchev–Trinajstić information content (AvgIpc) is 3.76. The number of carboxylic acid groups (broad SMARTS) is 2. The van der Waals surface area contributed by atoms with Crippen molar-refractivity contribution in [2.75, 3.05) is 26.4 Å². The number of H-pyrrole nitrogens is 2. The molecule has 5 rings (SSSR count). The molecule has 5 heterocycles. The molecule has 0 saturated carbocycles. The molecule has 13 heteroatoms. The molecule has 288 valence electrons. The molecule has 2 aliphatic rings. The molecule has 0 radical (unpaired) electrons. The Morgan fingerprint density at radius 3 is 1.70 bits per heavy atom. The summed E-state index contributed by atoms with van der Waals surface area (Å²) in [5, 5.41) is 55.7. The third-order valence-corrected chi connectivity index (χ3v) is 9.16. The third kappa shape index (κ3) is 10.5. The summed E-state index contributed by atoms with van der Waals surface area (Å²) >= 11 is 0. The molecule has 0 spiro atoms. The number of aliphatic carboxylic acids is 2. The molecule has 53 heavy (non-hydrogen) atoms. The van der Waals surface area contributed by atoms with E-state index >= 15 is 0 Å². The van der Waals surface area contributed by atoms with Gasteiger partial charge in [-0.2, -0.15) is 0 Å². The summed E-state index contributed by atoms with van der Waals surface area (Å²) in [6.07, 6.45) is -1.16. The van der Waals surface area contributed by atoms with Gasteiger partial charge in [-0.3, -0.25) is 9.59 Å². The molecular formula is C40H54N4O9. The molecule has 0 amide bonds. The smallest absolute Gasteiger partial charge is 0.303 e. The van der Waals surface area contributed by atoms with Gasteiger partial charge in [0, 0.05) is 59.3 Å². The van der Waals surface area contributed by atoms with Crippen LogP contribution in [0, 0.1) is 13.8 Å². The minimum Gasteiger partial charge on any atom is -0.481 e. The normalized spacial score (nSPS) is 13.6. The van der Waals surface area contributed by atoms with Crippen LogP contribution in [0.4, 0.5) is 0 Å². The van der Waals surface area contributed by atoms with E-state index in [1.54, 1.807) is 13.8 Å². The maximum Gasteiger partial charge on any atom is 0.303 e. The zero-order chi connectivity index (χ0) is 39.6. The van der Waals surface area contributed by atoms with E-state index in [4.69, 9.17) is 24.9 Å². The number of nitrogens with zero attached hydrogens (tertiary/aromatic N) is 2. The minimum absolute atomic E-state index is 0.0628. The van der Waals surface area contributed by atoms with E-state index in [-0.39, 0.29) is 38.9 Å². The van der Waals surface area contributed by atoms with Crippen molar-refractivity contribution < 1.29 is 45.0 Å². The van der Waals surface area contributed by atoms with Crippen molar-refractivity contribution in [2.24, 2.45) is 0 Å². The van der Waals surface area contributed by atoms with Crippen LogP contribution in [-0.4, -0.2) is 95.0 Å². The van der Waals surface area contributed by atoms with Crippen molar-refractivity contribution in [3.05, 3.63) is 69.3 Å². The Hall–Kier alpha value is -4.66. The first-order valence-corrected chi connectivity index (χ1v) is 17.8. The molecule has 0 fully saturated rings. The number of aliphatic hydroxyl groups is 4. The van der Waals surface area contributed by atoms with Gasteiger partial charge in [0.15, 0.2) is 0 Å². The number of ether oxygens (including phenoxy) is 1. The highest BCUT2D eigenvalue weighted by Gasteiger charge is 2.23. The van der Waals surface area contributed by atoms with Crippen LogP contribution < -0.4 is 0 Å². The number of carboxylic acids is 2. The molecule has 2 atom stereocenters. The van der Waals surface area contributed by atoms with Crippen LogP contribution in [-0.2, 0) is 20.7 Å². The number of aryl methyl sites for hydroxylation is 3. The van der Waals surface area contributed by atoms with Gasteiger partial charge in [0.05, 0.1) is 48.2 Å². The van der Waals surface area contributed by atoms with Gasteiger partial charge >= 0.3 is 11.9 Å². The van der Waals surface area contributed by atoms with E-state index in [0.29, 0.717) is 44.9 Å². The lowest BCUT2D eigenvalue weighted by atomic mass is 9.99. The van der Waals surface area contributed by atoms with Crippen molar-refractivity contribution in [3.8, 4) is 0 Å². The predicted octanol–water partition coefficient (Wildman–Crippen LogP) is 6.12. The first-order valence-electron chi connectivity index (χ1n) is 17.8. The number of nitrogens with one attached hydrogen (secondary N) is 2. The van der Waals surface area contributed by atoms with Crippen molar-refractivity contribution >= 4 is 56.3 Å². The van der Waals surface area contributed by atoms with Crippen LogP contribution in [0.25, 0.3) is 44.4 Å². The van der Waals surface area contributed by atoms with Crippen molar-refractivity contribution in [3.63, 3.8) is 0 Å². The number of aromatic amines is 2. The monoisotopic (exact) mass is 734 g/mol. The number of rotatable bonds is 11. The number of hydrogen-bond donors (Lipinski definition) is 8. The molecule has 8 bridgehead atoms. The quantitative estimate of drug-likeness (QED) is 0.112. The fourth-order valence-corrected chi connectivity index (χ4v) is 6.52. The van der Waals surface area contributed by atoms with Crippen molar-refractivity contribution in [1.29, 1.82) is 0 Å². The second-order valence-corrected chi connectivity index (χ2v) is 12.9. The molecule has 0 saturated heterocycles. The Labute approximate surface area is 309 Å². The number of carbonyl (C=O) groups is 2.